The van der Waals surface area contributed by atoms with Crippen molar-refractivity contribution in [2.45, 2.75) is 38.3 Å². The van der Waals surface area contributed by atoms with Gasteiger partial charge >= 0.3 is 0 Å². The van der Waals surface area contributed by atoms with Gasteiger partial charge in [0.2, 0.25) is 0 Å². The van der Waals surface area contributed by atoms with E-state index in [0.717, 1.165) is 42.4 Å². The predicted octanol–water partition coefficient (Wildman–Crippen LogP) is 3.63. The van der Waals surface area contributed by atoms with Crippen LogP contribution in [0.2, 0.25) is 5.15 Å². The summed E-state index contributed by atoms with van der Waals surface area (Å²) in [7, 11) is 0. The van der Waals surface area contributed by atoms with E-state index in [-0.39, 0.29) is 6.61 Å². The molecule has 3 nitrogen and oxygen atoms in total. The van der Waals surface area contributed by atoms with E-state index in [1.165, 1.54) is 12.8 Å². The van der Waals surface area contributed by atoms with Crippen LogP contribution in [-0.4, -0.2) is 34.2 Å². The third-order valence-corrected chi connectivity index (χ3v) is 4.65. The zero-order valence-electron chi connectivity index (χ0n) is 12.1. The number of halogens is 1. The Labute approximate surface area is 130 Å². The van der Waals surface area contributed by atoms with Crippen molar-refractivity contribution < 1.29 is 5.11 Å². The minimum Gasteiger partial charge on any atom is -0.396 e. The summed E-state index contributed by atoms with van der Waals surface area (Å²) in [5.74, 6) is 0. The van der Waals surface area contributed by atoms with Crippen LogP contribution < -0.4 is 0 Å². The Hall–Kier alpha value is -1.16. The van der Waals surface area contributed by atoms with Gasteiger partial charge in [0.05, 0.1) is 5.52 Å². The number of para-hydroxylation sites is 1. The number of aliphatic hydroxyl groups excluding tert-OH is 1. The third kappa shape index (κ3) is 3.37. The molecule has 1 aromatic carbocycles. The molecule has 2 aromatic rings. The fraction of sp³-hybridized carbons (Fsp3) is 0.471. The molecule has 112 valence electrons. The minimum atomic E-state index is 0.280. The van der Waals surface area contributed by atoms with Gasteiger partial charge in [0, 0.05) is 30.1 Å². The molecular formula is C17H21ClN2O. The Morgan fingerprint density at radius 3 is 3.05 bits per heavy atom. The number of hydrogen-bond donors (Lipinski definition) is 1. The highest BCUT2D eigenvalue weighted by atomic mass is 35.5. The lowest BCUT2D eigenvalue weighted by molar-refractivity contribution is 0.210. The molecule has 0 unspecified atom stereocenters. The number of nitrogens with zero attached hydrogens (tertiary/aromatic N) is 2. The molecule has 0 radical (unpaired) electrons. The molecule has 0 amide bonds. The summed E-state index contributed by atoms with van der Waals surface area (Å²) >= 11 is 6.36. The first-order chi connectivity index (χ1) is 10.3. The molecule has 0 bridgehead atoms. The zero-order chi connectivity index (χ0) is 14.7. The van der Waals surface area contributed by atoms with E-state index in [4.69, 9.17) is 16.7 Å². The molecule has 0 spiro atoms. The van der Waals surface area contributed by atoms with Crippen molar-refractivity contribution in [2.24, 2.45) is 0 Å². The monoisotopic (exact) mass is 304 g/mol. The predicted molar refractivity (Wildman–Crippen MR) is 86.5 cm³/mol. The van der Waals surface area contributed by atoms with Crippen molar-refractivity contribution in [2.75, 3.05) is 13.2 Å². The first-order valence-electron chi connectivity index (χ1n) is 7.67. The first-order valence-corrected chi connectivity index (χ1v) is 8.05. The van der Waals surface area contributed by atoms with Gasteiger partial charge in [-0.15, -0.1) is 0 Å². The Balaban J connectivity index is 1.79. The fourth-order valence-corrected chi connectivity index (χ4v) is 3.43. The van der Waals surface area contributed by atoms with Gasteiger partial charge < -0.3 is 5.11 Å². The molecule has 4 heteroatoms. The molecule has 0 aliphatic carbocycles. The molecule has 1 saturated heterocycles. The first kappa shape index (κ1) is 14.8. The van der Waals surface area contributed by atoms with Crippen LogP contribution >= 0.6 is 11.6 Å². The van der Waals surface area contributed by atoms with E-state index in [1.807, 2.05) is 18.2 Å². The summed E-state index contributed by atoms with van der Waals surface area (Å²) in [6.07, 6.45) is 4.40. The highest BCUT2D eigenvalue weighted by molar-refractivity contribution is 6.30. The molecule has 1 aliphatic heterocycles. The number of pyridine rings is 1. The van der Waals surface area contributed by atoms with Gasteiger partial charge in [0.25, 0.3) is 0 Å². The van der Waals surface area contributed by atoms with Crippen molar-refractivity contribution in [1.29, 1.82) is 0 Å². The van der Waals surface area contributed by atoms with Crippen LogP contribution in [0.3, 0.4) is 0 Å². The molecule has 1 aliphatic rings. The lowest BCUT2D eigenvalue weighted by atomic mass is 10.1. The number of likely N-dealkylation sites (tertiary alicyclic amines) is 1. The van der Waals surface area contributed by atoms with Crippen LogP contribution in [0.25, 0.3) is 10.9 Å². The summed E-state index contributed by atoms with van der Waals surface area (Å²) in [5, 5.41) is 10.8. The van der Waals surface area contributed by atoms with Crippen molar-refractivity contribution >= 4 is 22.5 Å². The van der Waals surface area contributed by atoms with E-state index in [9.17, 15) is 0 Å². The Kier molecular flexibility index (Phi) is 4.73. The second kappa shape index (κ2) is 6.73. The molecule has 0 saturated carbocycles. The van der Waals surface area contributed by atoms with Crippen molar-refractivity contribution in [3.8, 4) is 0 Å². The Morgan fingerprint density at radius 2 is 2.19 bits per heavy atom. The minimum absolute atomic E-state index is 0.280. The summed E-state index contributed by atoms with van der Waals surface area (Å²) in [6.45, 7) is 2.24. The summed E-state index contributed by atoms with van der Waals surface area (Å²) in [5.41, 5.74) is 2.05. The fourth-order valence-electron chi connectivity index (χ4n) is 3.22. The van der Waals surface area contributed by atoms with Crippen LogP contribution in [0.1, 0.15) is 31.2 Å². The molecule has 1 atom stereocenters. The normalized spacial score (nSPS) is 19.4. The van der Waals surface area contributed by atoms with Crippen molar-refractivity contribution in [1.82, 2.24) is 9.88 Å². The Bertz CT molecular complexity index is 617. The maximum absolute atomic E-state index is 9.02. The second-order valence-corrected chi connectivity index (χ2v) is 6.12. The van der Waals surface area contributed by atoms with E-state index < -0.39 is 0 Å². The average molecular weight is 305 g/mol. The second-order valence-electron chi connectivity index (χ2n) is 5.76. The highest BCUT2D eigenvalue weighted by Crippen LogP contribution is 2.27. The van der Waals surface area contributed by atoms with Crippen LogP contribution in [0, 0.1) is 0 Å². The molecular weight excluding hydrogens is 284 g/mol. The Morgan fingerprint density at radius 1 is 1.33 bits per heavy atom. The highest BCUT2D eigenvalue weighted by Gasteiger charge is 2.24. The number of rotatable bonds is 5. The number of benzene rings is 1. The van der Waals surface area contributed by atoms with Crippen LogP contribution in [0.15, 0.2) is 30.3 Å². The van der Waals surface area contributed by atoms with Crippen LogP contribution in [0.5, 0.6) is 0 Å². The van der Waals surface area contributed by atoms with E-state index in [1.54, 1.807) is 0 Å². The summed E-state index contributed by atoms with van der Waals surface area (Å²) in [4.78, 5) is 6.98. The maximum Gasteiger partial charge on any atom is 0.134 e. The van der Waals surface area contributed by atoms with Gasteiger partial charge in [-0.1, -0.05) is 29.8 Å². The molecule has 21 heavy (non-hydrogen) atoms. The van der Waals surface area contributed by atoms with Gasteiger partial charge in [0.15, 0.2) is 0 Å². The molecule has 1 aromatic heterocycles. The van der Waals surface area contributed by atoms with E-state index in [2.05, 4.69) is 22.0 Å². The van der Waals surface area contributed by atoms with Gasteiger partial charge in [-0.2, -0.15) is 0 Å². The van der Waals surface area contributed by atoms with Crippen molar-refractivity contribution in [3.05, 3.63) is 41.0 Å². The van der Waals surface area contributed by atoms with Crippen LogP contribution in [-0.2, 0) is 6.54 Å². The van der Waals surface area contributed by atoms with Gasteiger partial charge in [-0.25, -0.2) is 4.98 Å². The smallest absolute Gasteiger partial charge is 0.134 e. The zero-order valence-corrected chi connectivity index (χ0v) is 12.9. The van der Waals surface area contributed by atoms with E-state index >= 15 is 0 Å². The van der Waals surface area contributed by atoms with Crippen molar-refractivity contribution in [3.63, 3.8) is 0 Å². The summed E-state index contributed by atoms with van der Waals surface area (Å²) < 4.78 is 0. The largest absolute Gasteiger partial charge is 0.396 e. The molecule has 1 fully saturated rings. The molecule has 1 N–H and O–H groups in total. The van der Waals surface area contributed by atoms with Gasteiger partial charge in [-0.05, 0) is 44.4 Å². The number of aromatic nitrogens is 1. The third-order valence-electron chi connectivity index (χ3n) is 4.32. The lowest BCUT2D eigenvalue weighted by Gasteiger charge is -2.24. The van der Waals surface area contributed by atoms with E-state index in [0.29, 0.717) is 11.2 Å². The summed E-state index contributed by atoms with van der Waals surface area (Å²) in [6, 6.07) is 10.8. The van der Waals surface area contributed by atoms with Gasteiger partial charge in [-0.3, -0.25) is 4.90 Å². The average Bonchev–Trinajstić information content (AvgIpc) is 2.93. The molecule has 2 heterocycles. The number of hydrogen-bond acceptors (Lipinski definition) is 3. The van der Waals surface area contributed by atoms with Gasteiger partial charge in [0.1, 0.15) is 5.15 Å². The maximum atomic E-state index is 9.02. The lowest BCUT2D eigenvalue weighted by Crippen LogP contribution is -2.29. The van der Waals surface area contributed by atoms with Crippen LogP contribution in [0.4, 0.5) is 0 Å². The number of fused-ring (bicyclic) bond motifs is 1. The number of aliphatic hydroxyl groups is 1. The molecule has 3 rings (SSSR count). The topological polar surface area (TPSA) is 36.4 Å². The SMILES string of the molecule is OCCC[C@H]1CCCN1Cc1cc2ccccc2nc1Cl. The standard InChI is InChI=1S/C17H21ClN2O/c18-17-14(11-13-5-1-2-8-16(13)19-17)12-20-9-3-6-15(20)7-4-10-21/h1-2,5,8,11,15,21H,3-4,6-7,9-10,12H2/t15-/m1/s1. The quantitative estimate of drug-likeness (QED) is 0.857.